The maximum absolute atomic E-state index is 9.54. The van der Waals surface area contributed by atoms with Crippen LogP contribution >= 0.6 is 0 Å². The number of fused-ring (bicyclic) bond motifs is 1. The van der Waals surface area contributed by atoms with Crippen LogP contribution < -0.4 is 10.2 Å². The van der Waals surface area contributed by atoms with Crippen LogP contribution in [0.2, 0.25) is 0 Å². The molecular weight excluding hydrogens is 524 g/mol. The molecule has 0 saturated carbocycles. The summed E-state index contributed by atoms with van der Waals surface area (Å²) >= 11 is 0. The first-order chi connectivity index (χ1) is 21.3. The number of allylic oxidation sites excluding steroid dienone is 4. The molecule has 43 heavy (non-hydrogen) atoms. The third-order valence-corrected chi connectivity index (χ3v) is 8.01. The first-order valence-electron chi connectivity index (χ1n) is 14.6. The van der Waals surface area contributed by atoms with Crippen molar-refractivity contribution in [2.24, 2.45) is 4.99 Å². The highest BCUT2D eigenvalue weighted by molar-refractivity contribution is 6.10. The number of hydrogen-bond donors (Lipinski definition) is 1. The van der Waals surface area contributed by atoms with Crippen molar-refractivity contribution in [3.63, 3.8) is 0 Å². The molecule has 1 heterocycles. The normalized spacial score (nSPS) is 15.4. The number of amidine groups is 1. The van der Waals surface area contributed by atoms with Crippen LogP contribution in [0.5, 0.6) is 0 Å². The van der Waals surface area contributed by atoms with Crippen molar-refractivity contribution >= 4 is 22.9 Å². The summed E-state index contributed by atoms with van der Waals surface area (Å²) in [4.78, 5) is 7.53. The van der Waals surface area contributed by atoms with Crippen molar-refractivity contribution in [2.75, 3.05) is 10.2 Å². The molecule has 5 aromatic carbocycles. The van der Waals surface area contributed by atoms with E-state index in [1.807, 2.05) is 42.5 Å². The maximum Gasteiger partial charge on any atom is 0.133 e. The van der Waals surface area contributed by atoms with Gasteiger partial charge in [-0.1, -0.05) is 103 Å². The molecule has 7 rings (SSSR count). The van der Waals surface area contributed by atoms with Gasteiger partial charge in [-0.2, -0.15) is 5.26 Å². The molecule has 0 saturated heterocycles. The van der Waals surface area contributed by atoms with Gasteiger partial charge in [0.25, 0.3) is 0 Å². The van der Waals surface area contributed by atoms with E-state index in [0.717, 1.165) is 52.4 Å². The van der Waals surface area contributed by atoms with Crippen molar-refractivity contribution < 1.29 is 0 Å². The molecule has 0 aromatic heterocycles. The molecule has 1 atom stereocenters. The minimum atomic E-state index is -0.191. The molecule has 4 heteroatoms. The Kier molecular flexibility index (Phi) is 7.13. The lowest BCUT2D eigenvalue weighted by molar-refractivity contribution is 0.862. The topological polar surface area (TPSA) is 51.4 Å². The molecule has 0 amide bonds. The molecule has 0 bridgehead atoms. The molecule has 1 unspecified atom stereocenters. The van der Waals surface area contributed by atoms with E-state index in [0.29, 0.717) is 5.56 Å². The van der Waals surface area contributed by atoms with Crippen LogP contribution in [-0.4, -0.2) is 5.84 Å². The van der Waals surface area contributed by atoms with E-state index in [-0.39, 0.29) is 6.04 Å². The van der Waals surface area contributed by atoms with Crippen LogP contribution in [0.4, 0.5) is 17.1 Å². The molecule has 1 aliphatic heterocycles. The van der Waals surface area contributed by atoms with E-state index < -0.39 is 0 Å². The standard InChI is InChI=1S/C39H30N4/c40-27-28-16-25-36-37(26-28)41-39(32-12-6-2-7-13-32)42-38(36)31-19-23-35(24-20-31)43(33-14-8-3-9-15-33)34-21-17-30(18-22-34)29-10-4-1-5-11-29/h1-8,10-14,16-26,38H,9,15H2,(H,41,42). The van der Waals surface area contributed by atoms with Crippen molar-refractivity contribution in [1.82, 2.24) is 0 Å². The lowest BCUT2D eigenvalue weighted by Gasteiger charge is -2.30. The van der Waals surface area contributed by atoms with Gasteiger partial charge in [-0.3, -0.25) is 4.99 Å². The quantitative estimate of drug-likeness (QED) is 0.227. The second-order valence-corrected chi connectivity index (χ2v) is 10.7. The number of nitrogens with zero attached hydrogens (tertiary/aromatic N) is 3. The highest BCUT2D eigenvalue weighted by atomic mass is 15.1. The van der Waals surface area contributed by atoms with Crippen molar-refractivity contribution in [2.45, 2.75) is 18.9 Å². The molecule has 1 aliphatic carbocycles. The monoisotopic (exact) mass is 554 g/mol. The molecule has 1 N–H and O–H groups in total. The zero-order valence-corrected chi connectivity index (χ0v) is 23.7. The molecule has 5 aromatic rings. The van der Waals surface area contributed by atoms with Gasteiger partial charge in [0.2, 0.25) is 0 Å². The van der Waals surface area contributed by atoms with E-state index >= 15 is 0 Å². The third-order valence-electron chi connectivity index (χ3n) is 8.01. The Bertz CT molecular complexity index is 1880. The average Bonchev–Trinajstić information content (AvgIpc) is 3.09. The number of anilines is 3. The van der Waals surface area contributed by atoms with E-state index in [1.165, 1.54) is 16.8 Å². The predicted octanol–water partition coefficient (Wildman–Crippen LogP) is 9.56. The zero-order chi connectivity index (χ0) is 29.0. The lowest BCUT2D eigenvalue weighted by atomic mass is 9.94. The number of nitriles is 1. The molecular formula is C39H30N4. The summed E-state index contributed by atoms with van der Waals surface area (Å²) in [5.41, 5.74) is 10.6. The summed E-state index contributed by atoms with van der Waals surface area (Å²) in [6, 6.07) is 46.1. The predicted molar refractivity (Wildman–Crippen MR) is 177 cm³/mol. The van der Waals surface area contributed by atoms with Crippen LogP contribution in [0.3, 0.4) is 0 Å². The Morgan fingerprint density at radius 3 is 2.02 bits per heavy atom. The zero-order valence-electron chi connectivity index (χ0n) is 23.7. The van der Waals surface area contributed by atoms with E-state index in [9.17, 15) is 5.26 Å². The van der Waals surface area contributed by atoms with Gasteiger partial charge in [-0.05, 0) is 72.0 Å². The van der Waals surface area contributed by atoms with Crippen molar-refractivity contribution in [3.8, 4) is 17.2 Å². The second kappa shape index (κ2) is 11.7. The van der Waals surface area contributed by atoms with Crippen LogP contribution in [0.25, 0.3) is 11.1 Å². The van der Waals surface area contributed by atoms with E-state index in [4.69, 9.17) is 4.99 Å². The smallest absolute Gasteiger partial charge is 0.133 e. The summed E-state index contributed by atoms with van der Waals surface area (Å²) in [7, 11) is 0. The molecule has 206 valence electrons. The number of rotatable bonds is 6. The van der Waals surface area contributed by atoms with Crippen molar-refractivity contribution in [3.05, 3.63) is 174 Å². The van der Waals surface area contributed by atoms with Gasteiger partial charge >= 0.3 is 0 Å². The third kappa shape index (κ3) is 5.37. The fourth-order valence-electron chi connectivity index (χ4n) is 5.82. The fraction of sp³-hybridized carbons (Fsp3) is 0.0769. The number of aliphatic imine (C=N–C) groups is 1. The summed E-state index contributed by atoms with van der Waals surface area (Å²) in [5.74, 6) is 0.802. The molecule has 0 fully saturated rings. The van der Waals surface area contributed by atoms with Crippen LogP contribution in [-0.2, 0) is 0 Å². The first-order valence-corrected chi connectivity index (χ1v) is 14.6. The van der Waals surface area contributed by atoms with E-state index in [1.54, 1.807) is 0 Å². The minimum Gasteiger partial charge on any atom is -0.340 e. The minimum absolute atomic E-state index is 0.191. The Hall–Kier alpha value is -5.66. The van der Waals surface area contributed by atoms with Gasteiger partial charge in [0, 0.05) is 33.9 Å². The van der Waals surface area contributed by atoms with Gasteiger partial charge < -0.3 is 10.2 Å². The number of nitrogens with one attached hydrogen (secondary N) is 1. The van der Waals surface area contributed by atoms with Crippen LogP contribution in [0.1, 0.15) is 41.1 Å². The summed E-state index contributed by atoms with van der Waals surface area (Å²) in [6.07, 6.45) is 8.59. The van der Waals surface area contributed by atoms with Crippen LogP contribution in [0.15, 0.2) is 156 Å². The van der Waals surface area contributed by atoms with Gasteiger partial charge in [-0.25, -0.2) is 0 Å². The Balaban J connectivity index is 1.26. The number of hydrogen-bond acceptors (Lipinski definition) is 4. The fourth-order valence-corrected chi connectivity index (χ4v) is 5.82. The van der Waals surface area contributed by atoms with Gasteiger partial charge in [0.15, 0.2) is 0 Å². The summed E-state index contributed by atoms with van der Waals surface area (Å²) < 4.78 is 0. The highest BCUT2D eigenvalue weighted by Crippen LogP contribution is 2.39. The highest BCUT2D eigenvalue weighted by Gasteiger charge is 2.25. The molecule has 2 aliphatic rings. The van der Waals surface area contributed by atoms with Gasteiger partial charge in [0.1, 0.15) is 11.9 Å². The second-order valence-electron chi connectivity index (χ2n) is 10.7. The largest absolute Gasteiger partial charge is 0.340 e. The Labute approximate surface area is 252 Å². The summed E-state index contributed by atoms with van der Waals surface area (Å²) in [6.45, 7) is 0. The van der Waals surface area contributed by atoms with E-state index in [2.05, 4.69) is 119 Å². The molecule has 0 spiro atoms. The van der Waals surface area contributed by atoms with Crippen molar-refractivity contribution in [1.29, 1.82) is 5.26 Å². The molecule has 4 nitrogen and oxygen atoms in total. The summed E-state index contributed by atoms with van der Waals surface area (Å²) in [5, 5.41) is 13.0. The maximum atomic E-state index is 9.54. The SMILES string of the molecule is N#Cc1ccc2c(c1)NC(c1ccccc1)=NC2c1ccc(N(C2=CC=CCC2)c2ccc(-c3ccccc3)cc2)cc1. The Morgan fingerprint density at radius 1 is 0.721 bits per heavy atom. The van der Waals surface area contributed by atoms with Crippen LogP contribution in [0, 0.1) is 11.3 Å². The number of benzene rings is 5. The van der Waals surface area contributed by atoms with Gasteiger partial charge in [0.05, 0.1) is 11.6 Å². The Morgan fingerprint density at radius 2 is 1.37 bits per heavy atom. The first kappa shape index (κ1) is 26.3. The molecule has 0 radical (unpaired) electrons. The lowest BCUT2D eigenvalue weighted by Crippen LogP contribution is -2.22. The van der Waals surface area contributed by atoms with Gasteiger partial charge in [-0.15, -0.1) is 0 Å². The average molecular weight is 555 g/mol.